The van der Waals surface area contributed by atoms with Crippen LogP contribution in [-0.2, 0) is 51.2 Å². The minimum atomic E-state index is -1.25. The van der Waals surface area contributed by atoms with E-state index in [0.29, 0.717) is 17.7 Å². The van der Waals surface area contributed by atoms with Crippen molar-refractivity contribution in [1.82, 2.24) is 47.2 Å². The molecule has 4 atom stereocenters. The summed E-state index contributed by atoms with van der Waals surface area (Å²) in [5.74, 6) is -5.41. The van der Waals surface area contributed by atoms with E-state index < -0.39 is 84.5 Å². The molecule has 1 aromatic heterocycles. The number of nitrogens with zero attached hydrogens (tertiary/aromatic N) is 1. The fourth-order valence-electron chi connectivity index (χ4n) is 5.50. The van der Waals surface area contributed by atoms with Gasteiger partial charge >= 0.3 is 0 Å². The van der Waals surface area contributed by atoms with Gasteiger partial charge in [-0.15, -0.1) is 0 Å². The van der Waals surface area contributed by atoms with Crippen molar-refractivity contribution in [1.29, 1.82) is 0 Å². The van der Waals surface area contributed by atoms with Crippen molar-refractivity contribution in [3.63, 3.8) is 0 Å². The van der Waals surface area contributed by atoms with E-state index >= 15 is 0 Å². The van der Waals surface area contributed by atoms with E-state index in [1.807, 2.05) is 6.92 Å². The Labute approximate surface area is 307 Å². The molecule has 1 saturated heterocycles. The van der Waals surface area contributed by atoms with Gasteiger partial charge in [-0.3, -0.25) is 38.4 Å². The van der Waals surface area contributed by atoms with E-state index in [1.165, 1.54) is 12.5 Å². The van der Waals surface area contributed by atoms with E-state index in [2.05, 4.69) is 47.2 Å². The standard InChI is InChI=1S/C35H50N10O8/c1-2-3-4-8-11-30(48)42-24-12-13-29(47)38-15-14-25(32(50)39-19-28(36)46)43-31(49)20-40-33(51)26(16-22-9-6-5-7-10-22)44-35(53)27(45-34(24)52)17-23-18-37-21-41-23/h5-7,9-10,18,21,24-27H,2-4,8,11-17,19-20H2,1H3,(H2,36,46)(H,37,41)(H,38,47)(H,39,50)(H,40,51)(H,42,48)(H,43,49)(H,44,53)(H,45,52)/t24-,25-,26+,27-/m0/s1. The SMILES string of the molecule is CCCCCCC(=O)N[C@H]1CCC(=O)NCC[C@@H](C(=O)NCC(N)=O)NC(=O)CNC(=O)[C@@H](Cc2ccccc2)NC(=O)[C@H](Cc2cnc[nH]2)NC1=O. The molecule has 0 bridgehead atoms. The molecule has 18 heteroatoms. The highest BCUT2D eigenvalue weighted by Crippen LogP contribution is 2.09. The molecule has 0 aliphatic carbocycles. The number of primary amides is 1. The van der Waals surface area contributed by atoms with Crippen molar-refractivity contribution in [3.05, 3.63) is 54.1 Å². The number of unbranched alkanes of at least 4 members (excludes halogenated alkanes) is 3. The average Bonchev–Trinajstić information content (AvgIpc) is 3.65. The molecular formula is C35H50N10O8. The minimum absolute atomic E-state index is 0.0212. The molecule has 1 aliphatic heterocycles. The Morgan fingerprint density at radius 2 is 1.58 bits per heavy atom. The van der Waals surface area contributed by atoms with E-state index in [0.717, 1.165) is 19.3 Å². The molecule has 288 valence electrons. The topological polar surface area (TPSA) is 275 Å². The quantitative estimate of drug-likeness (QED) is 0.104. The summed E-state index contributed by atoms with van der Waals surface area (Å²) >= 11 is 0. The number of rotatable bonds is 13. The van der Waals surface area contributed by atoms with Gasteiger partial charge in [-0.25, -0.2) is 4.98 Å². The molecular weight excluding hydrogens is 688 g/mol. The van der Waals surface area contributed by atoms with E-state index in [9.17, 15) is 38.4 Å². The average molecular weight is 739 g/mol. The van der Waals surface area contributed by atoms with E-state index in [4.69, 9.17) is 5.73 Å². The lowest BCUT2D eigenvalue weighted by Crippen LogP contribution is -2.58. The van der Waals surface area contributed by atoms with E-state index in [1.54, 1.807) is 30.3 Å². The number of nitrogens with two attached hydrogens (primary N) is 1. The zero-order valence-corrected chi connectivity index (χ0v) is 29.8. The highest BCUT2D eigenvalue weighted by atomic mass is 16.2. The second-order valence-electron chi connectivity index (χ2n) is 12.7. The van der Waals surface area contributed by atoms with Gasteiger partial charge in [-0.1, -0.05) is 56.5 Å². The number of benzene rings is 1. The monoisotopic (exact) mass is 738 g/mol. The lowest BCUT2D eigenvalue weighted by molar-refractivity contribution is -0.134. The van der Waals surface area contributed by atoms with Crippen LogP contribution in [0.2, 0.25) is 0 Å². The molecule has 1 aliphatic rings. The van der Waals surface area contributed by atoms with Gasteiger partial charge in [0.1, 0.15) is 24.2 Å². The first-order valence-corrected chi connectivity index (χ1v) is 17.8. The maximum Gasteiger partial charge on any atom is 0.243 e. The van der Waals surface area contributed by atoms with Crippen molar-refractivity contribution in [2.45, 2.75) is 95.3 Å². The third-order valence-electron chi connectivity index (χ3n) is 8.36. The molecule has 0 saturated carbocycles. The molecule has 2 aromatic rings. The van der Waals surface area contributed by atoms with Crippen molar-refractivity contribution in [3.8, 4) is 0 Å². The Balaban J connectivity index is 1.92. The van der Waals surface area contributed by atoms with Gasteiger partial charge in [0.2, 0.25) is 47.3 Å². The van der Waals surface area contributed by atoms with Gasteiger partial charge in [0.25, 0.3) is 0 Å². The number of imidazole rings is 1. The summed E-state index contributed by atoms with van der Waals surface area (Å²) in [6.45, 7) is 0.870. The number of nitrogens with one attached hydrogen (secondary N) is 8. The third-order valence-corrected chi connectivity index (χ3v) is 8.36. The smallest absolute Gasteiger partial charge is 0.243 e. The highest BCUT2D eigenvalue weighted by molar-refractivity contribution is 5.96. The van der Waals surface area contributed by atoms with Crippen LogP contribution in [0.15, 0.2) is 42.9 Å². The summed E-state index contributed by atoms with van der Waals surface area (Å²) in [5, 5.41) is 18.0. The summed E-state index contributed by atoms with van der Waals surface area (Å²) in [6, 6.07) is 3.92. The van der Waals surface area contributed by atoms with Gasteiger partial charge in [0.05, 0.1) is 19.4 Å². The fourth-order valence-corrected chi connectivity index (χ4v) is 5.50. The molecule has 18 nitrogen and oxygen atoms in total. The van der Waals surface area contributed by atoms with Crippen LogP contribution in [0.4, 0.5) is 0 Å². The summed E-state index contributed by atoms with van der Waals surface area (Å²) < 4.78 is 0. The molecule has 3 rings (SSSR count). The maximum atomic E-state index is 13.9. The molecule has 0 spiro atoms. The summed E-state index contributed by atoms with van der Waals surface area (Å²) in [7, 11) is 0. The number of hydrogen-bond acceptors (Lipinski definition) is 9. The van der Waals surface area contributed by atoms with Crippen LogP contribution in [0, 0.1) is 0 Å². The third kappa shape index (κ3) is 15.5. The zero-order valence-electron chi connectivity index (χ0n) is 29.8. The number of H-pyrrole nitrogens is 1. The Hall–Kier alpha value is -5.81. The van der Waals surface area contributed by atoms with Gasteiger partial charge < -0.3 is 47.9 Å². The number of amides is 8. The fraction of sp³-hybridized carbons (Fsp3) is 0.514. The van der Waals surface area contributed by atoms with Crippen LogP contribution in [0.25, 0.3) is 0 Å². The second-order valence-corrected chi connectivity index (χ2v) is 12.7. The number of aromatic nitrogens is 2. The second kappa shape index (κ2) is 22.2. The maximum absolute atomic E-state index is 13.9. The molecule has 10 N–H and O–H groups in total. The largest absolute Gasteiger partial charge is 0.368 e. The van der Waals surface area contributed by atoms with Gasteiger partial charge in [0.15, 0.2) is 0 Å². The summed E-state index contributed by atoms with van der Waals surface area (Å²) in [6.07, 6.45) is 5.91. The Bertz CT molecular complexity index is 1550. The molecule has 0 radical (unpaired) electrons. The molecule has 53 heavy (non-hydrogen) atoms. The predicted octanol–water partition coefficient (Wildman–Crippen LogP) is -1.88. The summed E-state index contributed by atoms with van der Waals surface area (Å²) in [4.78, 5) is 111. The first-order chi connectivity index (χ1) is 25.4. The Morgan fingerprint density at radius 1 is 0.849 bits per heavy atom. The highest BCUT2D eigenvalue weighted by Gasteiger charge is 2.31. The zero-order chi connectivity index (χ0) is 38.6. The van der Waals surface area contributed by atoms with Crippen LogP contribution in [-0.4, -0.2) is 101 Å². The molecule has 1 aromatic carbocycles. The van der Waals surface area contributed by atoms with Gasteiger partial charge in [-0.05, 0) is 24.8 Å². The number of carbonyl (C=O) groups excluding carboxylic acids is 8. The van der Waals surface area contributed by atoms with Crippen LogP contribution in [0.3, 0.4) is 0 Å². The van der Waals surface area contributed by atoms with Crippen molar-refractivity contribution in [2.75, 3.05) is 19.6 Å². The first kappa shape index (κ1) is 41.6. The molecule has 2 heterocycles. The normalized spacial score (nSPS) is 20.9. The lowest BCUT2D eigenvalue weighted by Gasteiger charge is -2.25. The van der Waals surface area contributed by atoms with E-state index in [-0.39, 0.29) is 45.1 Å². The van der Waals surface area contributed by atoms with Crippen molar-refractivity contribution < 1.29 is 38.4 Å². The van der Waals surface area contributed by atoms with Crippen LogP contribution >= 0.6 is 0 Å². The van der Waals surface area contributed by atoms with Crippen LogP contribution in [0.1, 0.15) is 69.5 Å². The number of hydrogen-bond donors (Lipinski definition) is 9. The van der Waals surface area contributed by atoms with Crippen molar-refractivity contribution in [2.24, 2.45) is 5.73 Å². The molecule has 1 fully saturated rings. The van der Waals surface area contributed by atoms with Crippen LogP contribution in [0.5, 0.6) is 0 Å². The number of aromatic amines is 1. The van der Waals surface area contributed by atoms with Gasteiger partial charge in [0, 0.05) is 44.1 Å². The Morgan fingerprint density at radius 3 is 2.28 bits per heavy atom. The molecule has 8 amide bonds. The minimum Gasteiger partial charge on any atom is -0.368 e. The predicted molar refractivity (Wildman–Crippen MR) is 191 cm³/mol. The number of carbonyl (C=O) groups is 8. The molecule has 0 unspecified atom stereocenters. The summed E-state index contributed by atoms with van der Waals surface area (Å²) in [5.41, 5.74) is 6.32. The lowest BCUT2D eigenvalue weighted by atomic mass is 10.0. The Kier molecular flexibility index (Phi) is 17.4. The van der Waals surface area contributed by atoms with Gasteiger partial charge in [-0.2, -0.15) is 0 Å². The van der Waals surface area contributed by atoms with Crippen molar-refractivity contribution >= 4 is 47.3 Å². The first-order valence-electron chi connectivity index (χ1n) is 17.8. The van der Waals surface area contributed by atoms with Crippen LogP contribution < -0.4 is 43.0 Å².